The average molecular weight is 743 g/mol. The molecule has 0 spiro atoms. The van der Waals surface area contributed by atoms with Crippen molar-refractivity contribution in [2.24, 2.45) is 45.7 Å². The van der Waals surface area contributed by atoms with Gasteiger partial charge in [0.15, 0.2) is 5.96 Å². The Morgan fingerprint density at radius 2 is 1.19 bits per heavy atom. The minimum Gasteiger partial charge on any atom is -0.481 e. The minimum absolute atomic E-state index is 0.0266. The third kappa shape index (κ3) is 18.3. The molecule has 0 bridgehead atoms. The molecule has 15 N–H and O–H groups in total. The molecule has 0 radical (unpaired) electrons. The van der Waals surface area contributed by atoms with Crippen molar-refractivity contribution >= 4 is 53.3 Å². The third-order valence-corrected chi connectivity index (χ3v) is 7.98. The molecule has 0 saturated carbocycles. The van der Waals surface area contributed by atoms with Crippen LogP contribution >= 0.6 is 0 Å². The van der Waals surface area contributed by atoms with Crippen LogP contribution in [0.2, 0.25) is 0 Å². The number of hydrogen-bond donors (Lipinski definition) is 11. The molecule has 20 heteroatoms. The molecule has 0 aliphatic heterocycles. The summed E-state index contributed by atoms with van der Waals surface area (Å²) in [7, 11) is 0. The summed E-state index contributed by atoms with van der Waals surface area (Å²) in [5.41, 5.74) is 21.8. The van der Waals surface area contributed by atoms with E-state index < -0.39 is 102 Å². The Morgan fingerprint density at radius 3 is 1.67 bits per heavy atom. The Morgan fingerprint density at radius 1 is 0.673 bits per heavy atom. The van der Waals surface area contributed by atoms with E-state index in [0.717, 1.165) is 0 Å². The predicted molar refractivity (Wildman–Crippen MR) is 190 cm³/mol. The number of carbonyl (C=O) groups is 8. The molecule has 6 amide bonds. The molecule has 7 atom stereocenters. The second kappa shape index (κ2) is 23.5. The van der Waals surface area contributed by atoms with E-state index in [1.807, 2.05) is 0 Å². The number of hydrogen-bond acceptors (Lipinski definition) is 10. The van der Waals surface area contributed by atoms with Crippen LogP contribution < -0.4 is 49.5 Å². The molecular formula is C32H58N10O10. The number of nitrogens with one attached hydrogen (secondary N) is 5. The number of aliphatic carboxylic acids is 2. The molecule has 0 fully saturated rings. The number of carboxylic acid groups (broad SMARTS) is 2. The van der Waals surface area contributed by atoms with Crippen LogP contribution in [0.15, 0.2) is 4.99 Å². The summed E-state index contributed by atoms with van der Waals surface area (Å²) < 4.78 is 0. The largest absolute Gasteiger partial charge is 0.481 e. The highest BCUT2D eigenvalue weighted by Crippen LogP contribution is 2.12. The molecule has 0 aromatic carbocycles. The van der Waals surface area contributed by atoms with E-state index in [-0.39, 0.29) is 50.5 Å². The second-order valence-electron chi connectivity index (χ2n) is 13.4. The van der Waals surface area contributed by atoms with Gasteiger partial charge in [-0.1, -0.05) is 48.0 Å². The van der Waals surface area contributed by atoms with Crippen molar-refractivity contribution in [2.75, 3.05) is 6.54 Å². The number of carbonyl (C=O) groups excluding carboxylic acids is 6. The van der Waals surface area contributed by atoms with Crippen LogP contribution in [0.4, 0.5) is 0 Å². The number of primary amides is 1. The Labute approximate surface area is 303 Å². The first-order chi connectivity index (χ1) is 24.1. The van der Waals surface area contributed by atoms with Crippen molar-refractivity contribution in [3.05, 3.63) is 0 Å². The summed E-state index contributed by atoms with van der Waals surface area (Å²) >= 11 is 0. The fourth-order valence-electron chi connectivity index (χ4n) is 4.83. The zero-order valence-electron chi connectivity index (χ0n) is 30.8. The highest BCUT2D eigenvalue weighted by Gasteiger charge is 2.35. The van der Waals surface area contributed by atoms with Crippen molar-refractivity contribution in [3.63, 3.8) is 0 Å². The van der Waals surface area contributed by atoms with E-state index in [4.69, 9.17) is 28.0 Å². The van der Waals surface area contributed by atoms with Gasteiger partial charge in [-0.2, -0.15) is 0 Å². The number of rotatable bonds is 25. The smallest absolute Gasteiger partial charge is 0.326 e. The monoisotopic (exact) mass is 742 g/mol. The topological polar surface area (TPSA) is 354 Å². The van der Waals surface area contributed by atoms with Gasteiger partial charge in [0.25, 0.3) is 0 Å². The standard InChI is InChI=1S/C32H58N10O10/c1-7-17(6)25(30(50)38-19(31(51)52)9-8-12-37-32(35)36)42-28(48)21(14-22(34)43)39-27(47)20(13-15(2)3)40-29(49)24(16(4)5)41-26(46)18(33)10-11-23(44)45/h15-21,24-25H,7-14,33H2,1-6H3,(H2,34,43)(H,38,50)(H,39,47)(H,40,49)(H,41,46)(H,42,48)(H,44,45)(H,51,52)(H4,35,36,37)/t17-,18-,19-,20-,21-,24-,25-/m0/s1. The first-order valence-corrected chi connectivity index (χ1v) is 17.2. The number of nitrogens with two attached hydrogens (primary N) is 4. The van der Waals surface area contributed by atoms with Crippen LogP contribution in [-0.4, -0.2) is 106 Å². The van der Waals surface area contributed by atoms with Crippen LogP contribution in [-0.2, 0) is 38.4 Å². The van der Waals surface area contributed by atoms with Crippen molar-refractivity contribution in [1.82, 2.24) is 26.6 Å². The van der Waals surface area contributed by atoms with Gasteiger partial charge in [0, 0.05) is 13.0 Å². The maximum atomic E-state index is 13.6. The summed E-state index contributed by atoms with van der Waals surface area (Å²) in [5.74, 6) is -9.00. The van der Waals surface area contributed by atoms with Crippen LogP contribution in [0.25, 0.3) is 0 Å². The van der Waals surface area contributed by atoms with E-state index in [0.29, 0.717) is 6.42 Å². The number of carboxylic acids is 2. The zero-order chi connectivity index (χ0) is 40.3. The van der Waals surface area contributed by atoms with Gasteiger partial charge in [0.2, 0.25) is 35.4 Å². The van der Waals surface area contributed by atoms with Crippen LogP contribution in [0.5, 0.6) is 0 Å². The highest BCUT2D eigenvalue weighted by molar-refractivity contribution is 5.98. The molecule has 52 heavy (non-hydrogen) atoms. The van der Waals surface area contributed by atoms with E-state index in [1.165, 1.54) is 0 Å². The van der Waals surface area contributed by atoms with Gasteiger partial charge < -0.3 is 59.7 Å². The lowest BCUT2D eigenvalue weighted by Gasteiger charge is -2.29. The Kier molecular flexibility index (Phi) is 21.2. The molecule has 20 nitrogen and oxygen atoms in total. The van der Waals surface area contributed by atoms with Crippen LogP contribution in [0.3, 0.4) is 0 Å². The molecular weight excluding hydrogens is 684 g/mol. The maximum absolute atomic E-state index is 13.6. The van der Waals surface area contributed by atoms with Gasteiger partial charge >= 0.3 is 11.9 Å². The first kappa shape index (κ1) is 47.0. The molecule has 0 aliphatic carbocycles. The number of aliphatic imine (C=N–C) groups is 1. The highest BCUT2D eigenvalue weighted by atomic mass is 16.4. The molecule has 0 aliphatic rings. The zero-order valence-corrected chi connectivity index (χ0v) is 30.8. The Hall–Kier alpha value is -5.01. The number of amides is 6. The SMILES string of the molecule is CC[C@H](C)[C@H](NC(=O)[C@H](CC(N)=O)NC(=O)[C@H](CC(C)C)NC(=O)[C@@H](NC(=O)[C@@H](N)CCC(=O)O)C(C)C)C(=O)N[C@@H](CCCN=C(N)N)C(=O)O. The van der Waals surface area contributed by atoms with Crippen molar-refractivity contribution in [1.29, 1.82) is 0 Å². The van der Waals surface area contributed by atoms with Gasteiger partial charge in [-0.05, 0) is 43.4 Å². The first-order valence-electron chi connectivity index (χ1n) is 17.2. The van der Waals surface area contributed by atoms with Crippen molar-refractivity contribution in [3.8, 4) is 0 Å². The average Bonchev–Trinajstić information content (AvgIpc) is 3.03. The Bertz CT molecular complexity index is 1290. The fraction of sp³-hybridized carbons (Fsp3) is 0.719. The summed E-state index contributed by atoms with van der Waals surface area (Å²) in [6.45, 7) is 10.3. The summed E-state index contributed by atoms with van der Waals surface area (Å²) in [6.07, 6.45) is -0.587. The lowest BCUT2D eigenvalue weighted by molar-refractivity contribution is -0.143. The van der Waals surface area contributed by atoms with Gasteiger partial charge in [0.1, 0.15) is 30.2 Å². The van der Waals surface area contributed by atoms with Gasteiger partial charge in [-0.25, -0.2) is 4.79 Å². The summed E-state index contributed by atoms with van der Waals surface area (Å²) in [5, 5.41) is 31.0. The van der Waals surface area contributed by atoms with Crippen molar-refractivity contribution < 1.29 is 48.6 Å². The summed E-state index contributed by atoms with van der Waals surface area (Å²) in [4.78, 5) is 105. The third-order valence-electron chi connectivity index (χ3n) is 7.98. The quantitative estimate of drug-likeness (QED) is 0.0259. The second-order valence-corrected chi connectivity index (χ2v) is 13.4. The lowest BCUT2D eigenvalue weighted by Crippen LogP contribution is -2.61. The number of guanidine groups is 1. The molecule has 296 valence electrons. The lowest BCUT2D eigenvalue weighted by atomic mass is 9.96. The summed E-state index contributed by atoms with van der Waals surface area (Å²) in [6, 6.07) is -7.87. The molecule has 0 saturated heterocycles. The van der Waals surface area contributed by atoms with E-state index in [9.17, 15) is 43.5 Å². The molecule has 0 heterocycles. The normalized spacial score (nSPS) is 15.1. The predicted octanol–water partition coefficient (Wildman–Crippen LogP) is -2.64. The fourth-order valence-corrected chi connectivity index (χ4v) is 4.83. The number of nitrogens with zero attached hydrogens (tertiary/aromatic N) is 1. The van der Waals surface area contributed by atoms with Gasteiger partial charge in [-0.15, -0.1) is 0 Å². The minimum atomic E-state index is -1.60. The molecule has 0 aromatic rings. The van der Waals surface area contributed by atoms with E-state index in [2.05, 4.69) is 31.6 Å². The van der Waals surface area contributed by atoms with Gasteiger partial charge in [-0.3, -0.25) is 38.6 Å². The van der Waals surface area contributed by atoms with Crippen LogP contribution in [0.1, 0.15) is 86.5 Å². The maximum Gasteiger partial charge on any atom is 0.326 e. The Balaban J connectivity index is 6.09. The molecule has 0 aromatic heterocycles. The molecule has 0 unspecified atom stereocenters. The van der Waals surface area contributed by atoms with Crippen LogP contribution in [0, 0.1) is 17.8 Å². The van der Waals surface area contributed by atoms with E-state index in [1.54, 1.807) is 41.5 Å². The van der Waals surface area contributed by atoms with E-state index >= 15 is 0 Å². The van der Waals surface area contributed by atoms with Crippen molar-refractivity contribution in [2.45, 2.75) is 123 Å². The molecule has 0 rings (SSSR count). The van der Waals surface area contributed by atoms with Gasteiger partial charge in [0.05, 0.1) is 12.5 Å².